The highest BCUT2D eigenvalue weighted by atomic mass is 32.2. The molecule has 0 aliphatic heterocycles. The summed E-state index contributed by atoms with van der Waals surface area (Å²) in [4.78, 5) is 0. The fraction of sp³-hybridized carbons (Fsp3) is 1.00. The molecule has 5 unspecified atom stereocenters. The first kappa shape index (κ1) is 19.7. The lowest BCUT2D eigenvalue weighted by Gasteiger charge is -2.35. The molecule has 2 aliphatic rings. The zero-order valence-electron chi connectivity index (χ0n) is 14.0. The number of thioether (sulfide) groups is 1. The third kappa shape index (κ3) is 4.88. The monoisotopic (exact) mass is 304 g/mol. The highest BCUT2D eigenvalue weighted by Gasteiger charge is 2.50. The van der Waals surface area contributed by atoms with E-state index in [1.807, 2.05) is 13.8 Å². The van der Waals surface area contributed by atoms with Gasteiger partial charge in [-0.2, -0.15) is 24.4 Å². The Balaban J connectivity index is 0.000000741. The van der Waals surface area contributed by atoms with Crippen molar-refractivity contribution in [1.82, 2.24) is 0 Å². The van der Waals surface area contributed by atoms with Gasteiger partial charge in [-0.3, -0.25) is 0 Å². The van der Waals surface area contributed by atoms with E-state index in [1.165, 1.54) is 25.0 Å². The van der Waals surface area contributed by atoms with Crippen LogP contribution < -0.4 is 0 Å². The van der Waals surface area contributed by atoms with Crippen LogP contribution in [-0.4, -0.2) is 17.3 Å². The van der Waals surface area contributed by atoms with Crippen molar-refractivity contribution in [3.63, 3.8) is 0 Å². The normalized spacial score (nSPS) is 35.2. The maximum absolute atomic E-state index is 3.53. The molecule has 0 aromatic heterocycles. The maximum atomic E-state index is 3.53. The van der Waals surface area contributed by atoms with Crippen molar-refractivity contribution in [1.29, 1.82) is 0 Å². The Morgan fingerprint density at radius 1 is 1.00 bits per heavy atom. The van der Waals surface area contributed by atoms with E-state index in [0.717, 1.165) is 28.9 Å². The molecule has 2 saturated carbocycles. The van der Waals surface area contributed by atoms with E-state index < -0.39 is 0 Å². The molecule has 0 aromatic carbocycles. The smallest absolute Gasteiger partial charge is 0.00808 e. The van der Waals surface area contributed by atoms with Gasteiger partial charge in [-0.1, -0.05) is 53.9 Å². The van der Waals surface area contributed by atoms with Gasteiger partial charge in [0.2, 0.25) is 0 Å². The van der Waals surface area contributed by atoms with Crippen LogP contribution in [0.3, 0.4) is 0 Å². The van der Waals surface area contributed by atoms with E-state index in [1.54, 1.807) is 19.1 Å². The molecule has 19 heavy (non-hydrogen) atoms. The maximum Gasteiger partial charge on any atom is 0.00808 e. The molecule has 2 rings (SSSR count). The fourth-order valence-corrected chi connectivity index (χ4v) is 5.70. The number of fused-ring (bicyclic) bond motifs is 2. The van der Waals surface area contributed by atoms with E-state index in [4.69, 9.17) is 0 Å². The Morgan fingerprint density at radius 2 is 1.63 bits per heavy atom. The van der Waals surface area contributed by atoms with Gasteiger partial charge in [0.05, 0.1) is 0 Å². The molecule has 0 N–H and O–H groups in total. The van der Waals surface area contributed by atoms with Gasteiger partial charge in [0.15, 0.2) is 0 Å². The second-order valence-electron chi connectivity index (χ2n) is 5.41. The summed E-state index contributed by atoms with van der Waals surface area (Å²) < 4.78 is 0. The predicted molar refractivity (Wildman–Crippen MR) is 96.6 cm³/mol. The van der Waals surface area contributed by atoms with Crippen molar-refractivity contribution in [2.45, 2.75) is 72.0 Å². The fourth-order valence-electron chi connectivity index (χ4n) is 4.33. The van der Waals surface area contributed by atoms with Crippen LogP contribution in [0.5, 0.6) is 0 Å². The van der Waals surface area contributed by atoms with Crippen LogP contribution in [0.1, 0.15) is 66.7 Å². The largest absolute Gasteiger partial charge is 0.183 e. The number of rotatable bonds is 5. The van der Waals surface area contributed by atoms with Gasteiger partial charge < -0.3 is 0 Å². The molecule has 2 aliphatic carbocycles. The molecule has 2 heteroatoms. The Kier molecular flexibility index (Phi) is 11.8. The molecule has 0 aromatic rings. The summed E-state index contributed by atoms with van der Waals surface area (Å²) in [5.74, 6) is 5.68. The van der Waals surface area contributed by atoms with Crippen molar-refractivity contribution >= 4 is 24.4 Å². The third-order valence-electron chi connectivity index (χ3n) is 4.77. The SMILES string of the molecule is CC.CCCC1C2CC(SCC)C(C2)C1CC.CS. The average Bonchev–Trinajstić information content (AvgIpc) is 3.02. The van der Waals surface area contributed by atoms with Gasteiger partial charge in [0.25, 0.3) is 0 Å². The minimum atomic E-state index is 1.03. The third-order valence-corrected chi connectivity index (χ3v) is 6.07. The summed E-state index contributed by atoms with van der Waals surface area (Å²) in [5, 5.41) is 1.03. The molecular formula is C17H36S2. The van der Waals surface area contributed by atoms with Gasteiger partial charge in [-0.15, -0.1) is 0 Å². The molecule has 0 nitrogen and oxygen atoms in total. The molecule has 2 fully saturated rings. The molecule has 116 valence electrons. The standard InChI is InChI=1S/C14H26S.C2H6.CH4S/c1-4-7-12-10-8-13(11(12)5-2)14(9-10)15-6-3;2*1-2/h10-14H,4-9H2,1-3H3;1-2H3;2H,1H3. The highest BCUT2D eigenvalue weighted by molar-refractivity contribution is 7.99. The van der Waals surface area contributed by atoms with Crippen LogP contribution >= 0.6 is 24.4 Å². The first-order valence-corrected chi connectivity index (χ1v) is 10.3. The summed E-state index contributed by atoms with van der Waals surface area (Å²) in [6, 6.07) is 0. The molecule has 2 bridgehead atoms. The summed E-state index contributed by atoms with van der Waals surface area (Å²) >= 11 is 5.77. The lowest BCUT2D eigenvalue weighted by Crippen LogP contribution is -2.29. The summed E-state index contributed by atoms with van der Waals surface area (Å²) in [7, 11) is 0. The quantitative estimate of drug-likeness (QED) is 0.593. The van der Waals surface area contributed by atoms with Crippen LogP contribution in [0.4, 0.5) is 0 Å². The van der Waals surface area contributed by atoms with Crippen LogP contribution in [0.25, 0.3) is 0 Å². The average molecular weight is 305 g/mol. The Morgan fingerprint density at radius 3 is 2.11 bits per heavy atom. The lowest BCUT2D eigenvalue weighted by atomic mass is 9.75. The van der Waals surface area contributed by atoms with Crippen molar-refractivity contribution < 1.29 is 0 Å². The minimum absolute atomic E-state index is 1.03. The Labute approximate surface area is 132 Å². The van der Waals surface area contributed by atoms with Crippen molar-refractivity contribution in [2.24, 2.45) is 23.7 Å². The van der Waals surface area contributed by atoms with E-state index in [2.05, 4.69) is 45.2 Å². The zero-order valence-corrected chi connectivity index (χ0v) is 15.7. The first-order chi connectivity index (χ1) is 9.31. The lowest BCUT2D eigenvalue weighted by molar-refractivity contribution is 0.206. The van der Waals surface area contributed by atoms with Crippen molar-refractivity contribution in [2.75, 3.05) is 12.0 Å². The van der Waals surface area contributed by atoms with Crippen molar-refractivity contribution in [3.05, 3.63) is 0 Å². The van der Waals surface area contributed by atoms with Gasteiger partial charge in [-0.25, -0.2) is 0 Å². The van der Waals surface area contributed by atoms with Gasteiger partial charge >= 0.3 is 0 Å². The zero-order chi connectivity index (χ0) is 14.8. The topological polar surface area (TPSA) is 0 Å². The molecular weight excluding hydrogens is 268 g/mol. The summed E-state index contributed by atoms with van der Waals surface area (Å²) in [6.45, 7) is 11.1. The van der Waals surface area contributed by atoms with Crippen LogP contribution in [0.2, 0.25) is 0 Å². The Hall–Kier alpha value is 0.700. The highest BCUT2D eigenvalue weighted by Crippen LogP contribution is 2.58. The van der Waals surface area contributed by atoms with Crippen LogP contribution in [-0.2, 0) is 0 Å². The molecule has 0 radical (unpaired) electrons. The van der Waals surface area contributed by atoms with E-state index in [0.29, 0.717) is 0 Å². The minimum Gasteiger partial charge on any atom is -0.183 e. The van der Waals surface area contributed by atoms with E-state index >= 15 is 0 Å². The molecule has 0 amide bonds. The molecule has 0 saturated heterocycles. The number of hydrogen-bond donors (Lipinski definition) is 1. The predicted octanol–water partition coefficient (Wildman–Crippen LogP) is 6.16. The summed E-state index contributed by atoms with van der Waals surface area (Å²) in [5.41, 5.74) is 0. The van der Waals surface area contributed by atoms with Crippen molar-refractivity contribution in [3.8, 4) is 0 Å². The van der Waals surface area contributed by atoms with Gasteiger partial charge in [0, 0.05) is 5.25 Å². The second-order valence-corrected chi connectivity index (χ2v) is 6.93. The first-order valence-electron chi connectivity index (χ1n) is 8.38. The number of thiol groups is 1. The van der Waals surface area contributed by atoms with E-state index in [-0.39, 0.29) is 0 Å². The number of hydrogen-bond acceptors (Lipinski definition) is 2. The second kappa shape index (κ2) is 11.4. The molecule has 0 spiro atoms. The van der Waals surface area contributed by atoms with Gasteiger partial charge in [0.1, 0.15) is 0 Å². The molecule has 5 atom stereocenters. The van der Waals surface area contributed by atoms with Gasteiger partial charge in [-0.05, 0) is 48.5 Å². The molecule has 0 heterocycles. The Bertz CT molecular complexity index is 203. The van der Waals surface area contributed by atoms with Crippen LogP contribution in [0.15, 0.2) is 0 Å². The van der Waals surface area contributed by atoms with E-state index in [9.17, 15) is 0 Å². The summed E-state index contributed by atoms with van der Waals surface area (Å²) in [6.07, 6.45) is 9.15. The van der Waals surface area contributed by atoms with Crippen LogP contribution in [0, 0.1) is 23.7 Å².